The molecule has 0 bridgehead atoms. The van der Waals surface area contributed by atoms with Crippen molar-refractivity contribution in [1.82, 2.24) is 10.3 Å². The van der Waals surface area contributed by atoms with E-state index in [1.165, 1.54) is 0 Å². The molecule has 1 amide bonds. The van der Waals surface area contributed by atoms with Crippen LogP contribution in [0.5, 0.6) is 0 Å². The van der Waals surface area contributed by atoms with Crippen molar-refractivity contribution in [3.8, 4) is 0 Å². The number of amides is 1. The molecule has 26 heavy (non-hydrogen) atoms. The molecule has 0 atom stereocenters. The highest BCUT2D eigenvalue weighted by Crippen LogP contribution is 2.21. The lowest BCUT2D eigenvalue weighted by atomic mass is 10.1. The van der Waals surface area contributed by atoms with Gasteiger partial charge in [-0.2, -0.15) is 0 Å². The molecule has 0 aliphatic rings. The number of hydrogen-bond donors (Lipinski definition) is 2. The second-order valence-electron chi connectivity index (χ2n) is 6.26. The molecule has 0 saturated heterocycles. The topological polar surface area (TPSA) is 80.3 Å². The maximum Gasteiger partial charge on any atom is 0.340 e. The number of anilines is 2. The van der Waals surface area contributed by atoms with Crippen LogP contribution in [0.2, 0.25) is 0 Å². The van der Waals surface area contributed by atoms with Crippen LogP contribution in [0.1, 0.15) is 48.0 Å². The number of carbonyl (C=O) groups is 2. The molecule has 2 N–H and O–H groups in total. The monoisotopic (exact) mass is 355 g/mol. The van der Waals surface area contributed by atoms with E-state index in [9.17, 15) is 9.59 Å². The number of nitrogens with zero attached hydrogens (tertiary/aromatic N) is 1. The number of rotatable bonds is 8. The van der Waals surface area contributed by atoms with Crippen LogP contribution in [0.15, 0.2) is 42.6 Å². The second kappa shape index (κ2) is 9.56. The predicted octanol–water partition coefficient (Wildman–Crippen LogP) is 3.78. The summed E-state index contributed by atoms with van der Waals surface area (Å²) in [4.78, 5) is 28.3. The van der Waals surface area contributed by atoms with E-state index in [1.807, 2.05) is 6.07 Å². The van der Waals surface area contributed by atoms with Crippen molar-refractivity contribution in [3.63, 3.8) is 0 Å². The zero-order chi connectivity index (χ0) is 18.9. The molecule has 6 nitrogen and oxygen atoms in total. The smallest absolute Gasteiger partial charge is 0.340 e. The van der Waals surface area contributed by atoms with E-state index >= 15 is 0 Å². The van der Waals surface area contributed by atoms with Crippen molar-refractivity contribution in [2.75, 3.05) is 18.5 Å². The summed E-state index contributed by atoms with van der Waals surface area (Å²) in [7, 11) is 0. The third kappa shape index (κ3) is 5.58. The summed E-state index contributed by atoms with van der Waals surface area (Å²) in [5, 5.41) is 6.00. The van der Waals surface area contributed by atoms with E-state index in [2.05, 4.69) is 29.5 Å². The minimum absolute atomic E-state index is 0.191. The van der Waals surface area contributed by atoms with Crippen LogP contribution in [0.3, 0.4) is 0 Å². The van der Waals surface area contributed by atoms with Crippen molar-refractivity contribution in [2.45, 2.75) is 27.2 Å². The number of esters is 1. The Kier molecular flexibility index (Phi) is 7.14. The van der Waals surface area contributed by atoms with Crippen LogP contribution in [-0.2, 0) is 4.74 Å². The van der Waals surface area contributed by atoms with E-state index in [-0.39, 0.29) is 11.9 Å². The number of nitrogens with one attached hydrogen (secondary N) is 2. The van der Waals surface area contributed by atoms with E-state index < -0.39 is 0 Å². The first-order valence-corrected chi connectivity index (χ1v) is 8.78. The number of carbonyl (C=O) groups excluding carboxylic acids is 2. The van der Waals surface area contributed by atoms with Gasteiger partial charge in [0.1, 0.15) is 5.69 Å². The SMILES string of the molecule is CCOC(=O)c1ccccc1Nc1ccc(C(=O)NCCC(C)C)nc1. The Labute approximate surface area is 154 Å². The third-order valence-electron chi connectivity index (χ3n) is 3.70. The van der Waals surface area contributed by atoms with E-state index in [4.69, 9.17) is 4.74 Å². The summed E-state index contributed by atoms with van der Waals surface area (Å²) in [5.41, 5.74) is 2.12. The first-order chi connectivity index (χ1) is 12.5. The van der Waals surface area contributed by atoms with E-state index in [0.717, 1.165) is 6.42 Å². The van der Waals surface area contributed by atoms with Gasteiger partial charge in [0.15, 0.2) is 0 Å². The first-order valence-electron chi connectivity index (χ1n) is 8.78. The molecular formula is C20H25N3O3. The van der Waals surface area contributed by atoms with Gasteiger partial charge in [0, 0.05) is 6.54 Å². The van der Waals surface area contributed by atoms with E-state index in [0.29, 0.717) is 41.7 Å². The number of ether oxygens (including phenoxy) is 1. The van der Waals surface area contributed by atoms with E-state index in [1.54, 1.807) is 43.5 Å². The van der Waals surface area contributed by atoms with Crippen molar-refractivity contribution in [3.05, 3.63) is 53.9 Å². The fraction of sp³-hybridized carbons (Fsp3) is 0.350. The van der Waals surface area contributed by atoms with Gasteiger partial charge in [-0.3, -0.25) is 4.79 Å². The molecule has 2 rings (SSSR count). The summed E-state index contributed by atoms with van der Waals surface area (Å²) >= 11 is 0. The maximum atomic E-state index is 12.1. The molecule has 0 saturated carbocycles. The summed E-state index contributed by atoms with van der Waals surface area (Å²) < 4.78 is 5.06. The predicted molar refractivity (Wildman–Crippen MR) is 102 cm³/mol. The average Bonchev–Trinajstić information content (AvgIpc) is 2.62. The molecule has 1 aromatic carbocycles. The molecule has 0 fully saturated rings. The lowest BCUT2D eigenvalue weighted by Crippen LogP contribution is -2.26. The maximum absolute atomic E-state index is 12.1. The van der Waals surface area contributed by atoms with Gasteiger partial charge >= 0.3 is 5.97 Å². The number of para-hydroxylation sites is 1. The van der Waals surface area contributed by atoms with Crippen LogP contribution in [-0.4, -0.2) is 30.0 Å². The Bertz CT molecular complexity index is 742. The molecular weight excluding hydrogens is 330 g/mol. The highest BCUT2D eigenvalue weighted by Gasteiger charge is 2.12. The van der Waals surface area contributed by atoms with Crippen molar-refractivity contribution < 1.29 is 14.3 Å². The molecule has 2 aromatic rings. The van der Waals surface area contributed by atoms with Gasteiger partial charge in [0.05, 0.1) is 29.7 Å². The highest BCUT2D eigenvalue weighted by molar-refractivity contribution is 5.96. The Morgan fingerprint density at radius 1 is 1.15 bits per heavy atom. The Balaban J connectivity index is 2.04. The molecule has 1 aromatic heterocycles. The van der Waals surface area contributed by atoms with Crippen molar-refractivity contribution >= 4 is 23.3 Å². The van der Waals surface area contributed by atoms with Crippen LogP contribution in [0.25, 0.3) is 0 Å². The second-order valence-corrected chi connectivity index (χ2v) is 6.26. The van der Waals surface area contributed by atoms with Gasteiger partial charge in [-0.1, -0.05) is 26.0 Å². The zero-order valence-electron chi connectivity index (χ0n) is 15.4. The van der Waals surface area contributed by atoms with Gasteiger partial charge < -0.3 is 15.4 Å². The molecule has 0 spiro atoms. The lowest BCUT2D eigenvalue weighted by molar-refractivity contribution is 0.0527. The van der Waals surface area contributed by atoms with Gasteiger partial charge in [-0.05, 0) is 43.5 Å². The standard InChI is InChI=1S/C20H25N3O3/c1-4-26-20(25)16-7-5-6-8-17(16)23-15-9-10-18(22-13-15)19(24)21-12-11-14(2)3/h5-10,13-14,23H,4,11-12H2,1-3H3,(H,21,24). The van der Waals surface area contributed by atoms with Crippen molar-refractivity contribution in [1.29, 1.82) is 0 Å². The summed E-state index contributed by atoms with van der Waals surface area (Å²) in [5.74, 6) is -0.0388. The normalized spacial score (nSPS) is 10.5. The Morgan fingerprint density at radius 3 is 2.58 bits per heavy atom. The summed E-state index contributed by atoms with van der Waals surface area (Å²) in [6.07, 6.45) is 2.50. The van der Waals surface area contributed by atoms with Gasteiger partial charge in [-0.15, -0.1) is 0 Å². The van der Waals surface area contributed by atoms with Crippen LogP contribution >= 0.6 is 0 Å². The fourth-order valence-corrected chi connectivity index (χ4v) is 2.30. The lowest BCUT2D eigenvalue weighted by Gasteiger charge is -2.11. The number of aromatic nitrogens is 1. The average molecular weight is 355 g/mol. The molecule has 138 valence electrons. The largest absolute Gasteiger partial charge is 0.462 e. The Hall–Kier alpha value is -2.89. The van der Waals surface area contributed by atoms with Crippen LogP contribution < -0.4 is 10.6 Å². The zero-order valence-corrected chi connectivity index (χ0v) is 15.4. The van der Waals surface area contributed by atoms with Crippen molar-refractivity contribution in [2.24, 2.45) is 5.92 Å². The molecule has 0 aliphatic heterocycles. The van der Waals surface area contributed by atoms with Gasteiger partial charge in [0.2, 0.25) is 0 Å². The Morgan fingerprint density at radius 2 is 1.92 bits per heavy atom. The van der Waals surface area contributed by atoms with Gasteiger partial charge in [0.25, 0.3) is 5.91 Å². The molecule has 0 radical (unpaired) electrons. The van der Waals surface area contributed by atoms with Crippen LogP contribution in [0, 0.1) is 5.92 Å². The van der Waals surface area contributed by atoms with Gasteiger partial charge in [-0.25, -0.2) is 9.78 Å². The molecule has 1 heterocycles. The summed E-state index contributed by atoms with van der Waals surface area (Å²) in [6, 6.07) is 10.5. The third-order valence-corrected chi connectivity index (χ3v) is 3.70. The summed E-state index contributed by atoms with van der Waals surface area (Å²) in [6.45, 7) is 6.93. The highest BCUT2D eigenvalue weighted by atomic mass is 16.5. The minimum atomic E-state index is -0.385. The minimum Gasteiger partial charge on any atom is -0.462 e. The number of hydrogen-bond acceptors (Lipinski definition) is 5. The molecule has 0 unspecified atom stereocenters. The molecule has 6 heteroatoms. The first kappa shape index (κ1) is 19.4. The molecule has 0 aliphatic carbocycles. The van der Waals surface area contributed by atoms with Crippen LogP contribution in [0.4, 0.5) is 11.4 Å². The number of benzene rings is 1. The quantitative estimate of drug-likeness (QED) is 0.705. The number of pyridine rings is 1. The fourth-order valence-electron chi connectivity index (χ4n) is 2.30.